The molecule has 1 rings (SSSR count). The average molecular weight is 285 g/mol. The Morgan fingerprint density at radius 1 is 1.32 bits per heavy atom. The summed E-state index contributed by atoms with van der Waals surface area (Å²) in [6, 6.07) is 7.94. The van der Waals surface area contributed by atoms with Crippen molar-refractivity contribution in [2.45, 2.75) is 52.1 Å². The second kappa shape index (κ2) is 7.51. The van der Waals surface area contributed by atoms with E-state index in [2.05, 4.69) is 50.4 Å². The van der Waals surface area contributed by atoms with Gasteiger partial charge in [0.25, 0.3) is 0 Å². The second-order valence-corrected chi connectivity index (χ2v) is 5.44. The van der Waals surface area contributed by atoms with Gasteiger partial charge >= 0.3 is 0 Å². The van der Waals surface area contributed by atoms with Crippen LogP contribution in [-0.4, -0.2) is 11.9 Å². The topological polar surface area (TPSA) is 55.1 Å². The number of rotatable bonds is 5. The maximum atomic E-state index is 11.4. The molecule has 0 fully saturated rings. The van der Waals surface area contributed by atoms with Gasteiger partial charge < -0.3 is 11.1 Å². The predicted octanol–water partition coefficient (Wildman–Crippen LogP) is 2.76. The van der Waals surface area contributed by atoms with Crippen molar-refractivity contribution in [2.75, 3.05) is 0 Å². The fraction of sp³-hybridized carbons (Fsp3) is 0.533. The van der Waals surface area contributed by atoms with Gasteiger partial charge in [-0.2, -0.15) is 0 Å². The number of amides is 1. The molecule has 0 saturated carbocycles. The Labute approximate surface area is 122 Å². The zero-order valence-electron chi connectivity index (χ0n) is 12.2. The van der Waals surface area contributed by atoms with E-state index in [1.807, 2.05) is 0 Å². The van der Waals surface area contributed by atoms with Crippen molar-refractivity contribution >= 4 is 18.3 Å². The van der Waals surface area contributed by atoms with Crippen LogP contribution in [0.5, 0.6) is 0 Å². The standard InChI is InChI=1S/C15H24N2O.ClH/c1-5-15(3,4)13-8-6-12(7-9-13)10-17-14(18)11(2)16;/h6-9,11H,5,10,16H2,1-4H3,(H,17,18);1H/t11-;/m1./s1. The van der Waals surface area contributed by atoms with Crippen LogP contribution in [0.1, 0.15) is 45.2 Å². The lowest BCUT2D eigenvalue weighted by atomic mass is 9.82. The molecule has 0 radical (unpaired) electrons. The third-order valence-corrected chi connectivity index (χ3v) is 3.50. The molecule has 1 aromatic carbocycles. The fourth-order valence-corrected chi connectivity index (χ4v) is 1.63. The Balaban J connectivity index is 0.00000324. The lowest BCUT2D eigenvalue weighted by Crippen LogP contribution is -2.37. The van der Waals surface area contributed by atoms with Crippen molar-refractivity contribution in [3.8, 4) is 0 Å². The summed E-state index contributed by atoms with van der Waals surface area (Å²) >= 11 is 0. The normalized spacial score (nSPS) is 12.5. The van der Waals surface area contributed by atoms with Gasteiger partial charge in [0.15, 0.2) is 0 Å². The minimum atomic E-state index is -0.455. The van der Waals surface area contributed by atoms with Crippen LogP contribution in [0.25, 0.3) is 0 Å². The van der Waals surface area contributed by atoms with Crippen molar-refractivity contribution in [2.24, 2.45) is 5.73 Å². The molecule has 4 heteroatoms. The molecule has 3 N–H and O–H groups in total. The van der Waals surface area contributed by atoms with E-state index in [1.54, 1.807) is 6.92 Å². The van der Waals surface area contributed by atoms with Crippen LogP contribution >= 0.6 is 12.4 Å². The highest BCUT2D eigenvalue weighted by Crippen LogP contribution is 2.26. The highest BCUT2D eigenvalue weighted by Gasteiger charge is 2.17. The molecule has 0 unspecified atom stereocenters. The third-order valence-electron chi connectivity index (χ3n) is 3.50. The van der Waals surface area contributed by atoms with Gasteiger partial charge in [0.2, 0.25) is 5.91 Å². The molecule has 0 aliphatic rings. The summed E-state index contributed by atoms with van der Waals surface area (Å²) in [7, 11) is 0. The molecular formula is C15H25ClN2O. The van der Waals surface area contributed by atoms with Crippen LogP contribution in [0.2, 0.25) is 0 Å². The van der Waals surface area contributed by atoms with Crippen molar-refractivity contribution in [3.05, 3.63) is 35.4 Å². The summed E-state index contributed by atoms with van der Waals surface area (Å²) in [5.41, 5.74) is 8.11. The Bertz CT molecular complexity index is 399. The maximum Gasteiger partial charge on any atom is 0.236 e. The number of nitrogens with one attached hydrogen (secondary N) is 1. The van der Waals surface area contributed by atoms with Crippen molar-refractivity contribution in [3.63, 3.8) is 0 Å². The molecule has 0 heterocycles. The minimum absolute atomic E-state index is 0. The first-order valence-electron chi connectivity index (χ1n) is 6.49. The van der Waals surface area contributed by atoms with Crippen LogP contribution in [0.4, 0.5) is 0 Å². The van der Waals surface area contributed by atoms with E-state index in [-0.39, 0.29) is 23.7 Å². The monoisotopic (exact) mass is 284 g/mol. The Morgan fingerprint density at radius 2 is 1.84 bits per heavy atom. The van der Waals surface area contributed by atoms with Crippen LogP contribution in [0, 0.1) is 0 Å². The smallest absolute Gasteiger partial charge is 0.236 e. The van der Waals surface area contributed by atoms with Gasteiger partial charge in [-0.25, -0.2) is 0 Å². The number of carbonyl (C=O) groups is 1. The van der Waals surface area contributed by atoms with Crippen molar-refractivity contribution < 1.29 is 4.79 Å². The molecule has 19 heavy (non-hydrogen) atoms. The largest absolute Gasteiger partial charge is 0.351 e. The van der Waals surface area contributed by atoms with Gasteiger partial charge in [-0.05, 0) is 29.9 Å². The van der Waals surface area contributed by atoms with E-state index < -0.39 is 6.04 Å². The summed E-state index contributed by atoms with van der Waals surface area (Å²) < 4.78 is 0. The fourth-order valence-electron chi connectivity index (χ4n) is 1.63. The highest BCUT2D eigenvalue weighted by molar-refractivity contribution is 5.85. The lowest BCUT2D eigenvalue weighted by molar-refractivity contribution is -0.122. The van der Waals surface area contributed by atoms with Crippen LogP contribution in [0.3, 0.4) is 0 Å². The number of carbonyl (C=O) groups excluding carboxylic acids is 1. The lowest BCUT2D eigenvalue weighted by Gasteiger charge is -2.23. The first-order chi connectivity index (χ1) is 8.36. The molecule has 108 valence electrons. The van der Waals surface area contributed by atoms with E-state index in [0.717, 1.165) is 12.0 Å². The third kappa shape index (κ3) is 5.21. The van der Waals surface area contributed by atoms with Crippen LogP contribution in [0.15, 0.2) is 24.3 Å². The molecule has 0 aliphatic carbocycles. The van der Waals surface area contributed by atoms with Crippen molar-refractivity contribution in [1.29, 1.82) is 0 Å². The molecule has 1 aromatic rings. The average Bonchev–Trinajstić information content (AvgIpc) is 2.36. The number of benzene rings is 1. The number of hydrogen-bond acceptors (Lipinski definition) is 2. The van der Waals surface area contributed by atoms with Gasteiger partial charge in [0.05, 0.1) is 6.04 Å². The summed E-state index contributed by atoms with van der Waals surface area (Å²) in [6.45, 7) is 8.88. The summed E-state index contributed by atoms with van der Waals surface area (Å²) in [6.07, 6.45) is 1.10. The Hall–Kier alpha value is -1.06. The maximum absolute atomic E-state index is 11.4. The first-order valence-corrected chi connectivity index (χ1v) is 6.49. The predicted molar refractivity (Wildman–Crippen MR) is 82.5 cm³/mol. The second-order valence-electron chi connectivity index (χ2n) is 5.44. The van der Waals surface area contributed by atoms with E-state index >= 15 is 0 Å². The van der Waals surface area contributed by atoms with Gasteiger partial charge in [-0.1, -0.05) is 45.0 Å². The molecule has 0 aromatic heterocycles. The number of halogens is 1. The van der Waals surface area contributed by atoms with E-state index in [9.17, 15) is 4.79 Å². The Kier molecular flexibility index (Phi) is 7.09. The quantitative estimate of drug-likeness (QED) is 0.873. The zero-order valence-corrected chi connectivity index (χ0v) is 13.0. The zero-order chi connectivity index (χ0) is 13.8. The Morgan fingerprint density at radius 3 is 2.26 bits per heavy atom. The molecule has 0 bridgehead atoms. The SMILES string of the molecule is CCC(C)(C)c1ccc(CNC(=O)[C@@H](C)N)cc1.Cl. The molecule has 1 atom stereocenters. The van der Waals surface area contributed by atoms with E-state index in [0.29, 0.717) is 6.54 Å². The highest BCUT2D eigenvalue weighted by atomic mass is 35.5. The minimum Gasteiger partial charge on any atom is -0.351 e. The van der Waals surface area contributed by atoms with Crippen LogP contribution < -0.4 is 11.1 Å². The summed E-state index contributed by atoms with van der Waals surface area (Å²) in [4.78, 5) is 11.4. The van der Waals surface area contributed by atoms with Gasteiger partial charge in [0, 0.05) is 6.54 Å². The van der Waals surface area contributed by atoms with Crippen molar-refractivity contribution in [1.82, 2.24) is 5.32 Å². The molecular weight excluding hydrogens is 260 g/mol. The molecule has 0 spiro atoms. The first kappa shape index (κ1) is 17.9. The van der Waals surface area contributed by atoms with Crippen LogP contribution in [-0.2, 0) is 16.8 Å². The van der Waals surface area contributed by atoms with Gasteiger partial charge in [-0.3, -0.25) is 4.79 Å². The molecule has 3 nitrogen and oxygen atoms in total. The number of nitrogens with two attached hydrogens (primary N) is 1. The molecule has 0 aliphatic heterocycles. The molecule has 0 saturated heterocycles. The number of hydrogen-bond donors (Lipinski definition) is 2. The van der Waals surface area contributed by atoms with E-state index in [4.69, 9.17) is 5.73 Å². The van der Waals surface area contributed by atoms with Gasteiger partial charge in [-0.15, -0.1) is 12.4 Å². The van der Waals surface area contributed by atoms with E-state index in [1.165, 1.54) is 5.56 Å². The molecule has 1 amide bonds. The summed E-state index contributed by atoms with van der Waals surface area (Å²) in [5.74, 6) is -0.118. The summed E-state index contributed by atoms with van der Waals surface area (Å²) in [5, 5.41) is 2.81. The van der Waals surface area contributed by atoms with Gasteiger partial charge in [0.1, 0.15) is 0 Å².